The van der Waals surface area contributed by atoms with E-state index >= 15 is 0 Å². The Labute approximate surface area is 168 Å². The highest BCUT2D eigenvalue weighted by atomic mass is 16.5. The maximum absolute atomic E-state index is 12.8. The van der Waals surface area contributed by atoms with E-state index < -0.39 is 0 Å². The molecule has 1 aromatic carbocycles. The number of nitrogens with zero attached hydrogens (tertiary/aromatic N) is 3. The van der Waals surface area contributed by atoms with Crippen molar-refractivity contribution in [2.75, 3.05) is 12.4 Å². The van der Waals surface area contributed by atoms with E-state index in [1.165, 1.54) is 6.92 Å². The number of H-pyrrole nitrogens is 1. The second kappa shape index (κ2) is 7.77. The van der Waals surface area contributed by atoms with E-state index in [9.17, 15) is 9.59 Å². The molecule has 0 bridgehead atoms. The summed E-state index contributed by atoms with van der Waals surface area (Å²) in [5, 5.41) is 2.68. The number of hydrogen-bond acceptors (Lipinski definition) is 4. The first kappa shape index (κ1) is 19.3. The summed E-state index contributed by atoms with van der Waals surface area (Å²) in [5.41, 5.74) is 2.86. The van der Waals surface area contributed by atoms with Crippen molar-refractivity contribution in [2.24, 2.45) is 13.0 Å². The lowest BCUT2D eigenvalue weighted by atomic mass is 9.80. The van der Waals surface area contributed by atoms with Crippen LogP contribution in [0.1, 0.15) is 44.2 Å². The molecule has 1 aliphatic rings. The summed E-state index contributed by atoms with van der Waals surface area (Å²) in [7, 11) is 3.45. The van der Waals surface area contributed by atoms with Crippen LogP contribution in [-0.2, 0) is 18.4 Å². The molecule has 8 heteroatoms. The standard InChI is InChI=1S/C21H27N5O3/c1-13(27)23-20-22-11-17(24-20)15-6-4-14(5-7-15)12-26-19-10-16(29-3)8-9-18(19)25(2)21(26)28/h8-11,14-15H,4-7,12H2,1-3H3,(H2,22,23,24,27)/t14-,15-. The van der Waals surface area contributed by atoms with Gasteiger partial charge < -0.3 is 9.72 Å². The molecule has 1 aliphatic carbocycles. The first-order chi connectivity index (χ1) is 14.0. The molecule has 29 heavy (non-hydrogen) atoms. The van der Waals surface area contributed by atoms with Gasteiger partial charge in [0.1, 0.15) is 5.75 Å². The van der Waals surface area contributed by atoms with Crippen LogP contribution in [0.5, 0.6) is 5.75 Å². The highest BCUT2D eigenvalue weighted by Crippen LogP contribution is 2.36. The minimum absolute atomic E-state index is 0.0163. The normalized spacial score (nSPS) is 19.4. The smallest absolute Gasteiger partial charge is 0.328 e. The van der Waals surface area contributed by atoms with E-state index in [-0.39, 0.29) is 11.6 Å². The molecule has 0 radical (unpaired) electrons. The lowest BCUT2D eigenvalue weighted by molar-refractivity contribution is -0.114. The molecule has 1 fully saturated rings. The minimum Gasteiger partial charge on any atom is -0.497 e. The molecule has 0 aliphatic heterocycles. The molecule has 0 atom stereocenters. The first-order valence-corrected chi connectivity index (χ1v) is 10.0. The zero-order valence-electron chi connectivity index (χ0n) is 17.1. The van der Waals surface area contributed by atoms with Crippen molar-refractivity contribution in [3.05, 3.63) is 40.6 Å². The number of anilines is 1. The molecule has 0 unspecified atom stereocenters. The third-order valence-corrected chi connectivity index (χ3v) is 5.95. The Bertz CT molecular complexity index is 1090. The Balaban J connectivity index is 1.46. The van der Waals surface area contributed by atoms with Crippen molar-refractivity contribution >= 4 is 22.9 Å². The van der Waals surface area contributed by atoms with Crippen LogP contribution < -0.4 is 15.7 Å². The van der Waals surface area contributed by atoms with Crippen LogP contribution >= 0.6 is 0 Å². The van der Waals surface area contributed by atoms with Crippen LogP contribution in [0.3, 0.4) is 0 Å². The highest BCUT2D eigenvalue weighted by Gasteiger charge is 2.25. The molecule has 1 amide bonds. The molecule has 2 N–H and O–H groups in total. The maximum Gasteiger partial charge on any atom is 0.328 e. The van der Waals surface area contributed by atoms with E-state index in [4.69, 9.17) is 4.74 Å². The molecular formula is C21H27N5O3. The van der Waals surface area contributed by atoms with Gasteiger partial charge in [0.15, 0.2) is 0 Å². The van der Waals surface area contributed by atoms with Crippen molar-refractivity contribution in [2.45, 2.75) is 45.1 Å². The number of carbonyl (C=O) groups excluding carboxylic acids is 1. The fourth-order valence-electron chi connectivity index (χ4n) is 4.37. The summed E-state index contributed by atoms with van der Waals surface area (Å²) in [5.74, 6) is 1.97. The quantitative estimate of drug-likeness (QED) is 0.692. The van der Waals surface area contributed by atoms with Gasteiger partial charge >= 0.3 is 5.69 Å². The van der Waals surface area contributed by atoms with E-state index in [1.54, 1.807) is 11.7 Å². The first-order valence-electron chi connectivity index (χ1n) is 10.0. The van der Waals surface area contributed by atoms with E-state index in [2.05, 4.69) is 15.3 Å². The van der Waals surface area contributed by atoms with E-state index in [0.717, 1.165) is 48.2 Å². The molecule has 2 heterocycles. The number of imidazole rings is 2. The minimum atomic E-state index is -0.133. The number of ether oxygens (including phenoxy) is 1. The second-order valence-corrected chi connectivity index (χ2v) is 7.88. The number of fused-ring (bicyclic) bond motifs is 1. The number of carbonyl (C=O) groups is 1. The van der Waals surface area contributed by atoms with Gasteiger partial charge in [-0.1, -0.05) is 0 Å². The Morgan fingerprint density at radius 1 is 1.28 bits per heavy atom. The Morgan fingerprint density at radius 3 is 2.72 bits per heavy atom. The Kier molecular flexibility index (Phi) is 5.17. The SMILES string of the molecule is COc1ccc2c(c1)n(C[C@H]1CC[C@H](c3c[nH]c(NC(C)=O)n3)CC1)c(=O)n2C. The summed E-state index contributed by atoms with van der Waals surface area (Å²) in [6.45, 7) is 2.19. The van der Waals surface area contributed by atoms with Gasteiger partial charge in [-0.15, -0.1) is 0 Å². The topological polar surface area (TPSA) is 93.9 Å². The van der Waals surface area contributed by atoms with Crippen LogP contribution in [-0.4, -0.2) is 32.1 Å². The summed E-state index contributed by atoms with van der Waals surface area (Å²) < 4.78 is 8.93. The van der Waals surface area contributed by atoms with Crippen molar-refractivity contribution in [1.82, 2.24) is 19.1 Å². The fraction of sp³-hybridized carbons (Fsp3) is 0.476. The van der Waals surface area contributed by atoms with E-state index in [0.29, 0.717) is 24.3 Å². The number of nitrogens with one attached hydrogen (secondary N) is 2. The third kappa shape index (κ3) is 3.79. The molecule has 2 aromatic heterocycles. The van der Waals surface area contributed by atoms with Crippen molar-refractivity contribution in [3.8, 4) is 5.75 Å². The number of aromatic nitrogens is 4. The maximum atomic E-state index is 12.8. The summed E-state index contributed by atoms with van der Waals surface area (Å²) >= 11 is 0. The number of amides is 1. The van der Waals surface area contributed by atoms with Crippen LogP contribution in [0.15, 0.2) is 29.2 Å². The van der Waals surface area contributed by atoms with Gasteiger partial charge in [-0.2, -0.15) is 0 Å². The van der Waals surface area contributed by atoms with Gasteiger partial charge in [-0.3, -0.25) is 19.2 Å². The number of methoxy groups -OCH3 is 1. The predicted octanol–water partition coefficient (Wildman–Crippen LogP) is 3.00. The molecule has 0 saturated heterocycles. The van der Waals surface area contributed by atoms with Gasteiger partial charge in [0.25, 0.3) is 0 Å². The zero-order chi connectivity index (χ0) is 20.5. The Morgan fingerprint density at radius 2 is 2.03 bits per heavy atom. The summed E-state index contributed by atoms with van der Waals surface area (Å²) in [6.07, 6.45) is 6.02. The molecular weight excluding hydrogens is 370 g/mol. The average Bonchev–Trinajstić information content (AvgIpc) is 3.26. The summed E-state index contributed by atoms with van der Waals surface area (Å²) in [6, 6.07) is 5.76. The predicted molar refractivity (Wildman–Crippen MR) is 111 cm³/mol. The van der Waals surface area contributed by atoms with Crippen molar-refractivity contribution < 1.29 is 9.53 Å². The van der Waals surface area contributed by atoms with Gasteiger partial charge in [-0.25, -0.2) is 9.78 Å². The number of aryl methyl sites for hydroxylation is 1. The molecule has 8 nitrogen and oxygen atoms in total. The van der Waals surface area contributed by atoms with Crippen molar-refractivity contribution in [3.63, 3.8) is 0 Å². The van der Waals surface area contributed by atoms with Crippen LogP contribution in [0.4, 0.5) is 5.95 Å². The third-order valence-electron chi connectivity index (χ3n) is 5.95. The van der Waals surface area contributed by atoms with Crippen molar-refractivity contribution in [1.29, 1.82) is 0 Å². The number of aromatic amines is 1. The fourth-order valence-corrected chi connectivity index (χ4v) is 4.37. The van der Waals surface area contributed by atoms with E-state index in [1.807, 2.05) is 36.0 Å². The number of benzene rings is 1. The van der Waals surface area contributed by atoms with Crippen LogP contribution in [0, 0.1) is 5.92 Å². The second-order valence-electron chi connectivity index (χ2n) is 7.88. The monoisotopic (exact) mass is 397 g/mol. The molecule has 1 saturated carbocycles. The van der Waals surface area contributed by atoms with Gasteiger partial charge in [0, 0.05) is 38.7 Å². The molecule has 154 valence electrons. The lowest BCUT2D eigenvalue weighted by Crippen LogP contribution is -2.27. The van der Waals surface area contributed by atoms with Crippen LogP contribution in [0.25, 0.3) is 11.0 Å². The van der Waals surface area contributed by atoms with Gasteiger partial charge in [0.05, 0.1) is 23.8 Å². The average molecular weight is 397 g/mol. The zero-order valence-corrected chi connectivity index (χ0v) is 17.1. The lowest BCUT2D eigenvalue weighted by Gasteiger charge is -2.27. The largest absolute Gasteiger partial charge is 0.497 e. The Hall–Kier alpha value is -3.03. The molecule has 3 aromatic rings. The number of rotatable bonds is 5. The number of hydrogen-bond donors (Lipinski definition) is 2. The summed E-state index contributed by atoms with van der Waals surface area (Å²) in [4.78, 5) is 31.5. The van der Waals surface area contributed by atoms with Crippen LogP contribution in [0.2, 0.25) is 0 Å². The highest BCUT2D eigenvalue weighted by molar-refractivity contribution is 5.86. The van der Waals surface area contributed by atoms with Gasteiger partial charge in [0.2, 0.25) is 11.9 Å². The van der Waals surface area contributed by atoms with Gasteiger partial charge in [-0.05, 0) is 43.7 Å². The molecule has 4 rings (SSSR count). The molecule has 0 spiro atoms.